The van der Waals surface area contributed by atoms with Gasteiger partial charge in [-0.1, -0.05) is 13.8 Å². The maximum atomic E-state index is 4.37. The number of aromatic nitrogens is 1. The van der Waals surface area contributed by atoms with Gasteiger partial charge in [0.2, 0.25) is 0 Å². The van der Waals surface area contributed by atoms with Crippen LogP contribution in [0, 0.1) is 0 Å². The van der Waals surface area contributed by atoms with E-state index in [1.165, 1.54) is 25.1 Å². The van der Waals surface area contributed by atoms with Crippen molar-refractivity contribution in [1.29, 1.82) is 0 Å². The van der Waals surface area contributed by atoms with Crippen LogP contribution in [0.1, 0.15) is 33.1 Å². The summed E-state index contributed by atoms with van der Waals surface area (Å²) in [7, 11) is 2.19. The van der Waals surface area contributed by atoms with Crippen LogP contribution < -0.4 is 10.2 Å². The van der Waals surface area contributed by atoms with Gasteiger partial charge in [-0.25, -0.2) is 4.98 Å². The SMILES string of the molecule is CCCNc1cc(N(C)CC2CCCN2CC)ccn1. The van der Waals surface area contributed by atoms with Crippen LogP contribution in [-0.4, -0.2) is 49.2 Å². The van der Waals surface area contributed by atoms with Crippen molar-refractivity contribution in [2.45, 2.75) is 39.2 Å². The van der Waals surface area contributed by atoms with Crippen LogP contribution in [0.3, 0.4) is 0 Å². The average Bonchev–Trinajstić information content (AvgIpc) is 2.92. The second-order valence-electron chi connectivity index (χ2n) is 5.63. The van der Waals surface area contributed by atoms with E-state index in [0.717, 1.165) is 31.9 Å². The van der Waals surface area contributed by atoms with Crippen LogP contribution in [0.5, 0.6) is 0 Å². The zero-order chi connectivity index (χ0) is 14.4. The van der Waals surface area contributed by atoms with Gasteiger partial charge >= 0.3 is 0 Å². The van der Waals surface area contributed by atoms with Crippen LogP contribution in [0.2, 0.25) is 0 Å². The van der Waals surface area contributed by atoms with Crippen LogP contribution in [0.15, 0.2) is 18.3 Å². The molecular weight excluding hydrogens is 248 g/mol. The molecule has 1 aliphatic rings. The van der Waals surface area contributed by atoms with Gasteiger partial charge in [0.15, 0.2) is 0 Å². The fourth-order valence-electron chi connectivity index (χ4n) is 2.95. The van der Waals surface area contributed by atoms with E-state index in [-0.39, 0.29) is 0 Å². The van der Waals surface area contributed by atoms with Crippen molar-refractivity contribution in [3.8, 4) is 0 Å². The van der Waals surface area contributed by atoms with E-state index in [2.05, 4.69) is 53.1 Å². The smallest absolute Gasteiger partial charge is 0.127 e. The third-order valence-electron chi connectivity index (χ3n) is 4.13. The molecule has 1 fully saturated rings. The number of nitrogens with zero attached hydrogens (tertiary/aromatic N) is 3. The summed E-state index contributed by atoms with van der Waals surface area (Å²) >= 11 is 0. The van der Waals surface area contributed by atoms with Gasteiger partial charge in [0, 0.05) is 44.1 Å². The number of nitrogens with one attached hydrogen (secondary N) is 1. The van der Waals surface area contributed by atoms with Crippen LogP contribution in [-0.2, 0) is 0 Å². The van der Waals surface area contributed by atoms with Crippen molar-refractivity contribution in [3.05, 3.63) is 18.3 Å². The average molecular weight is 276 g/mol. The second-order valence-corrected chi connectivity index (χ2v) is 5.63. The lowest BCUT2D eigenvalue weighted by Crippen LogP contribution is -2.38. The molecule has 1 N–H and O–H groups in total. The second kappa shape index (κ2) is 7.48. The van der Waals surface area contributed by atoms with Crippen molar-refractivity contribution < 1.29 is 0 Å². The van der Waals surface area contributed by atoms with E-state index in [1.807, 2.05) is 6.20 Å². The topological polar surface area (TPSA) is 31.4 Å². The van der Waals surface area contributed by atoms with Gasteiger partial charge in [0.05, 0.1) is 0 Å². The Labute approximate surface area is 123 Å². The highest BCUT2D eigenvalue weighted by Gasteiger charge is 2.24. The van der Waals surface area contributed by atoms with Gasteiger partial charge in [0.1, 0.15) is 5.82 Å². The summed E-state index contributed by atoms with van der Waals surface area (Å²) in [5, 5.41) is 3.35. The van der Waals surface area contributed by atoms with Gasteiger partial charge in [-0.2, -0.15) is 0 Å². The predicted octanol–water partition coefficient (Wildman–Crippen LogP) is 2.82. The monoisotopic (exact) mass is 276 g/mol. The highest BCUT2D eigenvalue weighted by Crippen LogP contribution is 2.21. The highest BCUT2D eigenvalue weighted by molar-refractivity contribution is 5.53. The standard InChI is InChI=1S/C16H28N4/c1-4-9-17-16-12-14(8-10-18-16)19(3)13-15-7-6-11-20(15)5-2/h8,10,12,15H,4-7,9,11,13H2,1-3H3,(H,17,18). The molecular formula is C16H28N4. The molecule has 0 amide bonds. The minimum Gasteiger partial charge on any atom is -0.373 e. The Balaban J connectivity index is 1.96. The molecule has 2 heterocycles. The van der Waals surface area contributed by atoms with Crippen molar-refractivity contribution >= 4 is 11.5 Å². The number of hydrogen-bond donors (Lipinski definition) is 1. The maximum Gasteiger partial charge on any atom is 0.127 e. The first-order chi connectivity index (χ1) is 9.74. The summed E-state index contributed by atoms with van der Waals surface area (Å²) in [6, 6.07) is 4.95. The molecule has 1 unspecified atom stereocenters. The fourth-order valence-corrected chi connectivity index (χ4v) is 2.95. The lowest BCUT2D eigenvalue weighted by molar-refractivity contribution is 0.270. The Morgan fingerprint density at radius 2 is 2.30 bits per heavy atom. The summed E-state index contributed by atoms with van der Waals surface area (Å²) < 4.78 is 0. The van der Waals surface area contributed by atoms with E-state index in [4.69, 9.17) is 0 Å². The maximum absolute atomic E-state index is 4.37. The zero-order valence-corrected chi connectivity index (χ0v) is 13.1. The largest absolute Gasteiger partial charge is 0.373 e. The molecule has 1 saturated heterocycles. The first-order valence-corrected chi connectivity index (χ1v) is 7.89. The Hall–Kier alpha value is -1.29. The number of anilines is 2. The molecule has 0 radical (unpaired) electrons. The lowest BCUT2D eigenvalue weighted by Gasteiger charge is -2.29. The molecule has 0 aliphatic carbocycles. The molecule has 1 aliphatic heterocycles. The zero-order valence-electron chi connectivity index (χ0n) is 13.1. The lowest BCUT2D eigenvalue weighted by atomic mass is 10.2. The quantitative estimate of drug-likeness (QED) is 0.830. The predicted molar refractivity (Wildman–Crippen MR) is 86.6 cm³/mol. The van der Waals surface area contributed by atoms with Crippen molar-refractivity contribution in [3.63, 3.8) is 0 Å². The molecule has 0 saturated carbocycles. The number of rotatable bonds is 7. The van der Waals surface area contributed by atoms with Gasteiger partial charge < -0.3 is 10.2 Å². The Kier molecular flexibility index (Phi) is 5.65. The third kappa shape index (κ3) is 3.85. The molecule has 1 aromatic rings. The van der Waals surface area contributed by atoms with E-state index >= 15 is 0 Å². The van der Waals surface area contributed by atoms with Gasteiger partial charge in [-0.05, 0) is 38.4 Å². The van der Waals surface area contributed by atoms with E-state index in [9.17, 15) is 0 Å². The summed E-state index contributed by atoms with van der Waals surface area (Å²) in [6.45, 7) is 8.93. The Morgan fingerprint density at radius 1 is 1.45 bits per heavy atom. The van der Waals surface area contributed by atoms with Gasteiger partial charge in [-0.3, -0.25) is 4.90 Å². The van der Waals surface area contributed by atoms with Crippen LogP contribution in [0.4, 0.5) is 11.5 Å². The van der Waals surface area contributed by atoms with Gasteiger partial charge in [-0.15, -0.1) is 0 Å². The minimum atomic E-state index is 0.699. The highest BCUT2D eigenvalue weighted by atomic mass is 15.2. The molecule has 1 aromatic heterocycles. The Bertz CT molecular complexity index is 407. The molecule has 112 valence electrons. The number of hydrogen-bond acceptors (Lipinski definition) is 4. The summed E-state index contributed by atoms with van der Waals surface area (Å²) in [6.07, 6.45) is 5.68. The van der Waals surface area contributed by atoms with Gasteiger partial charge in [0.25, 0.3) is 0 Å². The molecule has 2 rings (SSSR count). The Morgan fingerprint density at radius 3 is 3.05 bits per heavy atom. The summed E-state index contributed by atoms with van der Waals surface area (Å²) in [4.78, 5) is 9.32. The fraction of sp³-hybridized carbons (Fsp3) is 0.688. The normalized spacial score (nSPS) is 19.2. The van der Waals surface area contributed by atoms with Crippen LogP contribution >= 0.6 is 0 Å². The molecule has 0 spiro atoms. The van der Waals surface area contributed by atoms with Crippen molar-refractivity contribution in [2.24, 2.45) is 0 Å². The first kappa shape index (κ1) is 15.1. The summed E-state index contributed by atoms with van der Waals surface area (Å²) in [5.74, 6) is 0.981. The van der Waals surface area contributed by atoms with E-state index in [1.54, 1.807) is 0 Å². The molecule has 4 nitrogen and oxygen atoms in total. The summed E-state index contributed by atoms with van der Waals surface area (Å²) in [5.41, 5.74) is 1.25. The molecule has 0 aromatic carbocycles. The van der Waals surface area contributed by atoms with E-state index < -0.39 is 0 Å². The molecule has 0 bridgehead atoms. The number of pyridine rings is 1. The van der Waals surface area contributed by atoms with Crippen molar-refractivity contribution in [2.75, 3.05) is 43.4 Å². The van der Waals surface area contributed by atoms with Crippen molar-refractivity contribution in [1.82, 2.24) is 9.88 Å². The number of likely N-dealkylation sites (tertiary alicyclic amines) is 1. The number of likely N-dealkylation sites (N-methyl/N-ethyl adjacent to an activating group) is 2. The molecule has 20 heavy (non-hydrogen) atoms. The molecule has 1 atom stereocenters. The van der Waals surface area contributed by atoms with Crippen LogP contribution in [0.25, 0.3) is 0 Å². The third-order valence-corrected chi connectivity index (χ3v) is 4.13. The molecule has 4 heteroatoms. The first-order valence-electron chi connectivity index (χ1n) is 7.89. The van der Waals surface area contributed by atoms with E-state index in [0.29, 0.717) is 6.04 Å². The minimum absolute atomic E-state index is 0.699.